The average Bonchev–Trinajstić information content (AvgIpc) is 3.01. The van der Waals surface area contributed by atoms with Gasteiger partial charge in [0.2, 0.25) is 10.0 Å². The Morgan fingerprint density at radius 1 is 1.26 bits per heavy atom. The van der Waals surface area contributed by atoms with Gasteiger partial charge in [-0.2, -0.15) is 5.10 Å². The molecule has 0 radical (unpaired) electrons. The maximum atomic E-state index is 12.6. The molecule has 124 valence electrons. The number of nitrogens with one attached hydrogen (secondary N) is 1. The van der Waals surface area contributed by atoms with E-state index >= 15 is 0 Å². The first-order valence-corrected chi connectivity index (χ1v) is 9.52. The largest absolute Gasteiger partial charge is 0.271 e. The van der Waals surface area contributed by atoms with Crippen molar-refractivity contribution in [2.75, 3.05) is 0 Å². The number of hydrogen-bond acceptors (Lipinski definition) is 3. The Morgan fingerprint density at radius 2 is 2.00 bits per heavy atom. The van der Waals surface area contributed by atoms with Crippen molar-refractivity contribution < 1.29 is 8.42 Å². The van der Waals surface area contributed by atoms with Gasteiger partial charge in [-0.25, -0.2) is 13.1 Å². The molecule has 0 spiro atoms. The number of aryl methyl sites for hydroxylation is 3. The SMILES string of the molecule is Cc1cc(S(=O)(=O)NCc2c3c(nn2C)CCC3)c(Cl)cc1Cl. The highest BCUT2D eigenvalue weighted by Crippen LogP contribution is 2.29. The maximum Gasteiger partial charge on any atom is 0.242 e. The number of nitrogens with zero attached hydrogens (tertiary/aromatic N) is 2. The van der Waals surface area contributed by atoms with E-state index < -0.39 is 10.0 Å². The van der Waals surface area contributed by atoms with Crippen LogP contribution in [0.3, 0.4) is 0 Å². The Balaban J connectivity index is 1.87. The summed E-state index contributed by atoms with van der Waals surface area (Å²) in [5.74, 6) is 0. The summed E-state index contributed by atoms with van der Waals surface area (Å²) in [7, 11) is -1.89. The van der Waals surface area contributed by atoms with Gasteiger partial charge in [-0.05, 0) is 49.4 Å². The molecule has 0 bridgehead atoms. The van der Waals surface area contributed by atoms with E-state index in [9.17, 15) is 8.42 Å². The highest BCUT2D eigenvalue weighted by Gasteiger charge is 2.24. The lowest BCUT2D eigenvalue weighted by atomic mass is 10.2. The van der Waals surface area contributed by atoms with Gasteiger partial charge in [0.15, 0.2) is 0 Å². The molecule has 0 unspecified atom stereocenters. The summed E-state index contributed by atoms with van der Waals surface area (Å²) in [5, 5.41) is 5.00. The van der Waals surface area contributed by atoms with Crippen LogP contribution in [-0.4, -0.2) is 18.2 Å². The third-order valence-corrected chi connectivity index (χ3v) is 6.40. The van der Waals surface area contributed by atoms with Gasteiger partial charge in [0.1, 0.15) is 4.90 Å². The van der Waals surface area contributed by atoms with E-state index in [2.05, 4.69) is 9.82 Å². The first-order chi connectivity index (χ1) is 10.8. The van der Waals surface area contributed by atoms with Gasteiger partial charge in [0.05, 0.1) is 23.0 Å². The van der Waals surface area contributed by atoms with Crippen LogP contribution in [0.5, 0.6) is 0 Å². The molecule has 1 aromatic carbocycles. The van der Waals surface area contributed by atoms with E-state index in [0.29, 0.717) is 10.6 Å². The number of fused-ring (bicyclic) bond motifs is 1. The van der Waals surface area contributed by atoms with Crippen LogP contribution in [0.25, 0.3) is 0 Å². The third-order valence-electron chi connectivity index (χ3n) is 4.13. The Bertz CT molecular complexity index is 875. The van der Waals surface area contributed by atoms with Gasteiger partial charge in [-0.3, -0.25) is 4.68 Å². The van der Waals surface area contributed by atoms with Crippen molar-refractivity contribution >= 4 is 33.2 Å². The Labute approximate surface area is 145 Å². The minimum atomic E-state index is -3.72. The summed E-state index contributed by atoms with van der Waals surface area (Å²) in [4.78, 5) is 0.0416. The highest BCUT2D eigenvalue weighted by molar-refractivity contribution is 7.89. The molecule has 0 atom stereocenters. The van der Waals surface area contributed by atoms with Crippen molar-refractivity contribution in [1.82, 2.24) is 14.5 Å². The summed E-state index contributed by atoms with van der Waals surface area (Å²) >= 11 is 12.0. The summed E-state index contributed by atoms with van der Waals surface area (Å²) in [5.41, 5.74) is 3.80. The van der Waals surface area contributed by atoms with Crippen molar-refractivity contribution in [3.63, 3.8) is 0 Å². The van der Waals surface area contributed by atoms with E-state index in [4.69, 9.17) is 23.2 Å². The molecule has 1 aliphatic rings. The van der Waals surface area contributed by atoms with E-state index in [1.807, 2.05) is 7.05 Å². The van der Waals surface area contributed by atoms with Crippen LogP contribution >= 0.6 is 23.2 Å². The second kappa shape index (κ2) is 6.09. The van der Waals surface area contributed by atoms with Crippen molar-refractivity contribution in [3.8, 4) is 0 Å². The number of benzene rings is 1. The van der Waals surface area contributed by atoms with Crippen LogP contribution < -0.4 is 4.72 Å². The molecular formula is C15H17Cl2N3O2S. The minimum Gasteiger partial charge on any atom is -0.271 e. The second-order valence-electron chi connectivity index (χ2n) is 5.71. The van der Waals surface area contributed by atoms with Crippen molar-refractivity contribution in [3.05, 3.63) is 44.7 Å². The predicted octanol–water partition coefficient (Wildman–Crippen LogP) is 3.00. The van der Waals surface area contributed by atoms with Crippen molar-refractivity contribution in [2.45, 2.75) is 37.6 Å². The molecule has 3 rings (SSSR count). The highest BCUT2D eigenvalue weighted by atomic mass is 35.5. The molecule has 2 aromatic rings. The van der Waals surface area contributed by atoms with Crippen molar-refractivity contribution in [1.29, 1.82) is 0 Å². The van der Waals surface area contributed by atoms with E-state index in [-0.39, 0.29) is 16.5 Å². The Kier molecular flexibility index (Phi) is 4.44. The quantitative estimate of drug-likeness (QED) is 0.895. The first-order valence-electron chi connectivity index (χ1n) is 7.28. The zero-order chi connectivity index (χ0) is 16.8. The van der Waals surface area contributed by atoms with Gasteiger partial charge >= 0.3 is 0 Å². The summed E-state index contributed by atoms with van der Waals surface area (Å²) < 4.78 is 29.5. The number of sulfonamides is 1. The first kappa shape index (κ1) is 16.8. The number of hydrogen-bond donors (Lipinski definition) is 1. The fraction of sp³-hybridized carbons (Fsp3) is 0.400. The van der Waals surface area contributed by atoms with E-state index in [0.717, 1.165) is 36.2 Å². The number of aromatic nitrogens is 2. The van der Waals surface area contributed by atoms with E-state index in [1.54, 1.807) is 11.6 Å². The monoisotopic (exact) mass is 373 g/mol. The lowest BCUT2D eigenvalue weighted by Crippen LogP contribution is -2.25. The smallest absolute Gasteiger partial charge is 0.242 e. The maximum absolute atomic E-state index is 12.6. The molecular weight excluding hydrogens is 357 g/mol. The fourth-order valence-electron chi connectivity index (χ4n) is 2.88. The molecule has 5 nitrogen and oxygen atoms in total. The Hall–Kier alpha value is -1.08. The zero-order valence-corrected chi connectivity index (χ0v) is 15.2. The van der Waals surface area contributed by atoms with Gasteiger partial charge in [-0.15, -0.1) is 0 Å². The lowest BCUT2D eigenvalue weighted by molar-refractivity contribution is 0.576. The molecule has 1 N–H and O–H groups in total. The van der Waals surface area contributed by atoms with Crippen LogP contribution in [0.4, 0.5) is 0 Å². The third kappa shape index (κ3) is 3.13. The topological polar surface area (TPSA) is 64.0 Å². The molecule has 0 amide bonds. The normalized spacial score (nSPS) is 14.3. The van der Waals surface area contributed by atoms with Gasteiger partial charge in [0.25, 0.3) is 0 Å². The number of halogens is 2. The predicted molar refractivity (Wildman–Crippen MR) is 90.5 cm³/mol. The molecule has 8 heteroatoms. The van der Waals surface area contributed by atoms with E-state index in [1.165, 1.54) is 12.1 Å². The van der Waals surface area contributed by atoms with Gasteiger partial charge in [-0.1, -0.05) is 23.2 Å². The molecule has 23 heavy (non-hydrogen) atoms. The van der Waals surface area contributed by atoms with Crippen LogP contribution in [0.1, 0.15) is 28.9 Å². The molecule has 1 aromatic heterocycles. The molecule has 0 fully saturated rings. The lowest BCUT2D eigenvalue weighted by Gasteiger charge is -2.11. The van der Waals surface area contributed by atoms with Crippen molar-refractivity contribution in [2.24, 2.45) is 7.05 Å². The fourth-order valence-corrected chi connectivity index (χ4v) is 4.70. The zero-order valence-electron chi connectivity index (χ0n) is 12.9. The molecule has 0 saturated heterocycles. The Morgan fingerprint density at radius 3 is 2.74 bits per heavy atom. The van der Waals surface area contributed by atoms with Gasteiger partial charge in [0, 0.05) is 12.1 Å². The standard InChI is InChI=1S/C15H17Cl2N3O2S/c1-9-6-15(12(17)7-11(9)16)23(21,22)18-8-14-10-4-3-5-13(10)19-20(14)2/h6-7,18H,3-5,8H2,1-2H3. The molecule has 1 heterocycles. The summed E-state index contributed by atoms with van der Waals surface area (Å²) in [6.07, 6.45) is 2.97. The average molecular weight is 374 g/mol. The van der Waals surface area contributed by atoms with Crippen LogP contribution in [-0.2, 0) is 36.5 Å². The summed E-state index contributed by atoms with van der Waals surface area (Å²) in [6, 6.07) is 2.94. The minimum absolute atomic E-state index is 0.0416. The molecule has 0 aliphatic heterocycles. The van der Waals surface area contributed by atoms with Gasteiger partial charge < -0.3 is 0 Å². The second-order valence-corrected chi connectivity index (χ2v) is 8.26. The van der Waals surface area contributed by atoms with Crippen LogP contribution in [0.15, 0.2) is 17.0 Å². The van der Waals surface area contributed by atoms with Crippen LogP contribution in [0.2, 0.25) is 10.0 Å². The molecule has 0 saturated carbocycles. The molecule has 1 aliphatic carbocycles. The van der Waals surface area contributed by atoms with Crippen LogP contribution in [0, 0.1) is 6.92 Å². The summed E-state index contributed by atoms with van der Waals surface area (Å²) in [6.45, 7) is 1.94. The number of rotatable bonds is 4.